The first-order valence-corrected chi connectivity index (χ1v) is 7.88. The van der Waals surface area contributed by atoms with Crippen molar-refractivity contribution < 1.29 is 13.5 Å². The molecule has 0 saturated heterocycles. The van der Waals surface area contributed by atoms with Gasteiger partial charge in [-0.05, 0) is 41.0 Å². The van der Waals surface area contributed by atoms with Gasteiger partial charge in [-0.1, -0.05) is 29.8 Å². The Labute approximate surface area is 117 Å². The number of aliphatic hydroxyl groups is 1. The smallest absolute Gasteiger partial charge is 0.175 e. The molecule has 0 saturated carbocycles. The Hall–Kier alpha value is -1.36. The maximum atomic E-state index is 11.4. The van der Waals surface area contributed by atoms with Crippen molar-refractivity contribution in [1.29, 1.82) is 0 Å². The van der Waals surface area contributed by atoms with E-state index >= 15 is 0 Å². The van der Waals surface area contributed by atoms with Crippen LogP contribution in [-0.4, -0.2) is 19.8 Å². The van der Waals surface area contributed by atoms with Gasteiger partial charge in [0.05, 0.1) is 11.5 Å². The van der Waals surface area contributed by atoms with Gasteiger partial charge in [0.2, 0.25) is 0 Å². The molecule has 0 amide bonds. The van der Waals surface area contributed by atoms with Gasteiger partial charge >= 0.3 is 0 Å². The predicted octanol–water partition coefficient (Wildman–Crippen LogP) is 2.90. The average molecular weight is 297 g/mol. The highest BCUT2D eigenvalue weighted by molar-refractivity contribution is 7.90. The van der Waals surface area contributed by atoms with Crippen LogP contribution in [0.3, 0.4) is 0 Å². The van der Waals surface area contributed by atoms with E-state index in [9.17, 15) is 13.5 Å². The SMILES string of the molecule is CS(=O)(=O)c1ccc(-c2ccc(Cl)c(CO)c2)cc1. The van der Waals surface area contributed by atoms with E-state index in [-0.39, 0.29) is 11.5 Å². The van der Waals surface area contributed by atoms with Crippen molar-refractivity contribution in [1.82, 2.24) is 0 Å². The largest absolute Gasteiger partial charge is 0.392 e. The lowest BCUT2D eigenvalue weighted by molar-refractivity contribution is 0.282. The van der Waals surface area contributed by atoms with Gasteiger partial charge < -0.3 is 5.11 Å². The van der Waals surface area contributed by atoms with Crippen molar-refractivity contribution >= 4 is 21.4 Å². The normalized spacial score (nSPS) is 11.5. The Balaban J connectivity index is 2.43. The minimum Gasteiger partial charge on any atom is -0.392 e. The summed E-state index contributed by atoms with van der Waals surface area (Å²) in [5, 5.41) is 9.69. The number of aliphatic hydroxyl groups excluding tert-OH is 1. The van der Waals surface area contributed by atoms with Gasteiger partial charge in [-0.15, -0.1) is 0 Å². The summed E-state index contributed by atoms with van der Waals surface area (Å²) in [6, 6.07) is 11.9. The van der Waals surface area contributed by atoms with Crippen LogP contribution in [0.5, 0.6) is 0 Å². The first-order chi connectivity index (χ1) is 8.91. The van der Waals surface area contributed by atoms with Crippen LogP contribution in [0.25, 0.3) is 11.1 Å². The molecule has 0 heterocycles. The Morgan fingerprint density at radius 2 is 1.63 bits per heavy atom. The summed E-state index contributed by atoms with van der Waals surface area (Å²) < 4.78 is 22.8. The molecule has 19 heavy (non-hydrogen) atoms. The van der Waals surface area contributed by atoms with E-state index in [0.717, 1.165) is 11.1 Å². The van der Waals surface area contributed by atoms with Crippen LogP contribution in [0.15, 0.2) is 47.4 Å². The van der Waals surface area contributed by atoms with Gasteiger partial charge in [0.25, 0.3) is 0 Å². The molecule has 1 N–H and O–H groups in total. The molecular formula is C14H13ClO3S. The zero-order valence-electron chi connectivity index (χ0n) is 10.3. The first-order valence-electron chi connectivity index (χ1n) is 5.61. The van der Waals surface area contributed by atoms with E-state index in [2.05, 4.69) is 0 Å². The van der Waals surface area contributed by atoms with Crippen molar-refractivity contribution in [2.45, 2.75) is 11.5 Å². The van der Waals surface area contributed by atoms with Crippen LogP contribution >= 0.6 is 11.6 Å². The van der Waals surface area contributed by atoms with E-state index in [1.165, 1.54) is 6.26 Å². The standard InChI is InChI=1S/C14H13ClO3S/c1-19(17,18)13-5-2-10(3-6-13)11-4-7-14(15)12(8-11)9-16/h2-8,16H,9H2,1H3. The van der Waals surface area contributed by atoms with Crippen LogP contribution in [0.1, 0.15) is 5.56 Å². The Morgan fingerprint density at radius 3 is 2.16 bits per heavy atom. The highest BCUT2D eigenvalue weighted by Gasteiger charge is 2.08. The molecule has 3 nitrogen and oxygen atoms in total. The number of rotatable bonds is 3. The van der Waals surface area contributed by atoms with Crippen LogP contribution in [-0.2, 0) is 16.4 Å². The molecule has 100 valence electrons. The van der Waals surface area contributed by atoms with Gasteiger partial charge in [0.1, 0.15) is 0 Å². The number of hydrogen-bond donors (Lipinski definition) is 1. The fraction of sp³-hybridized carbons (Fsp3) is 0.143. The maximum absolute atomic E-state index is 11.4. The minimum absolute atomic E-state index is 0.131. The first kappa shape index (κ1) is 14.1. The Kier molecular flexibility index (Phi) is 3.94. The fourth-order valence-electron chi connectivity index (χ4n) is 1.77. The quantitative estimate of drug-likeness (QED) is 0.947. The lowest BCUT2D eigenvalue weighted by Crippen LogP contribution is -1.96. The van der Waals surface area contributed by atoms with E-state index in [1.807, 2.05) is 6.07 Å². The highest BCUT2D eigenvalue weighted by atomic mass is 35.5. The number of halogens is 1. The van der Waals surface area contributed by atoms with Gasteiger partial charge in [-0.25, -0.2) is 8.42 Å². The fourth-order valence-corrected chi connectivity index (χ4v) is 2.58. The van der Waals surface area contributed by atoms with Crippen LogP contribution in [0.2, 0.25) is 5.02 Å². The zero-order chi connectivity index (χ0) is 14.0. The molecule has 0 unspecified atom stereocenters. The summed E-state index contributed by atoms with van der Waals surface area (Å²) in [5.74, 6) is 0. The monoisotopic (exact) mass is 296 g/mol. The van der Waals surface area contributed by atoms with Crippen LogP contribution in [0, 0.1) is 0 Å². The van der Waals surface area contributed by atoms with E-state index in [4.69, 9.17) is 11.6 Å². The van der Waals surface area contributed by atoms with Crippen LogP contribution < -0.4 is 0 Å². The highest BCUT2D eigenvalue weighted by Crippen LogP contribution is 2.26. The molecule has 5 heteroatoms. The maximum Gasteiger partial charge on any atom is 0.175 e. The van der Waals surface area contributed by atoms with Gasteiger partial charge in [0, 0.05) is 11.3 Å². The molecule has 2 aromatic rings. The average Bonchev–Trinajstić information content (AvgIpc) is 2.38. The number of sulfone groups is 1. The third-order valence-electron chi connectivity index (χ3n) is 2.83. The summed E-state index contributed by atoms with van der Waals surface area (Å²) >= 11 is 5.93. The van der Waals surface area contributed by atoms with Crippen molar-refractivity contribution in [3.05, 3.63) is 53.1 Å². The summed E-state index contributed by atoms with van der Waals surface area (Å²) in [6.45, 7) is -0.131. The van der Waals surface area contributed by atoms with Crippen molar-refractivity contribution in [2.24, 2.45) is 0 Å². The third-order valence-corrected chi connectivity index (χ3v) is 4.33. The summed E-state index contributed by atoms with van der Waals surface area (Å²) in [6.07, 6.45) is 1.17. The molecular weight excluding hydrogens is 284 g/mol. The molecule has 0 fully saturated rings. The summed E-state index contributed by atoms with van der Waals surface area (Å²) in [5.41, 5.74) is 2.40. The van der Waals surface area contributed by atoms with Gasteiger partial charge in [-0.3, -0.25) is 0 Å². The molecule has 0 aliphatic rings. The second-order valence-corrected chi connectivity index (χ2v) is 6.68. The number of benzene rings is 2. The molecule has 0 radical (unpaired) electrons. The molecule has 0 aliphatic carbocycles. The molecule has 0 bridgehead atoms. The van der Waals surface area contributed by atoms with E-state index in [1.54, 1.807) is 36.4 Å². The minimum atomic E-state index is -3.18. The number of hydrogen-bond acceptors (Lipinski definition) is 3. The van der Waals surface area contributed by atoms with Crippen LogP contribution in [0.4, 0.5) is 0 Å². The lowest BCUT2D eigenvalue weighted by Gasteiger charge is -2.06. The molecule has 2 aromatic carbocycles. The zero-order valence-corrected chi connectivity index (χ0v) is 11.9. The van der Waals surface area contributed by atoms with Crippen molar-refractivity contribution in [3.63, 3.8) is 0 Å². The molecule has 0 aromatic heterocycles. The van der Waals surface area contributed by atoms with E-state index < -0.39 is 9.84 Å². The third kappa shape index (κ3) is 3.15. The molecule has 0 spiro atoms. The Morgan fingerprint density at radius 1 is 1.05 bits per heavy atom. The summed E-state index contributed by atoms with van der Waals surface area (Å²) in [4.78, 5) is 0.285. The second kappa shape index (κ2) is 5.33. The predicted molar refractivity (Wildman–Crippen MR) is 75.9 cm³/mol. The summed E-state index contributed by atoms with van der Waals surface area (Å²) in [7, 11) is -3.18. The molecule has 0 atom stereocenters. The van der Waals surface area contributed by atoms with E-state index in [0.29, 0.717) is 10.6 Å². The topological polar surface area (TPSA) is 54.4 Å². The molecule has 0 aliphatic heterocycles. The van der Waals surface area contributed by atoms with Gasteiger partial charge in [-0.2, -0.15) is 0 Å². The van der Waals surface area contributed by atoms with Gasteiger partial charge in [0.15, 0.2) is 9.84 Å². The van der Waals surface area contributed by atoms with Crippen molar-refractivity contribution in [2.75, 3.05) is 6.26 Å². The molecule has 2 rings (SSSR count). The Bertz CT molecular complexity index is 691. The van der Waals surface area contributed by atoms with Crippen molar-refractivity contribution in [3.8, 4) is 11.1 Å². The second-order valence-electron chi connectivity index (χ2n) is 4.26. The lowest BCUT2D eigenvalue weighted by atomic mass is 10.0.